The van der Waals surface area contributed by atoms with Gasteiger partial charge in [-0.3, -0.25) is 0 Å². The maximum absolute atomic E-state index is 14.5. The van der Waals surface area contributed by atoms with Crippen molar-refractivity contribution >= 4 is 28.1 Å². The van der Waals surface area contributed by atoms with Crippen LogP contribution in [0.15, 0.2) is 42.5 Å². The molecular weight excluding hydrogens is 443 g/mol. The number of thiazole rings is 1. The molecule has 32 heavy (non-hydrogen) atoms. The van der Waals surface area contributed by atoms with Crippen LogP contribution < -0.4 is 9.64 Å². The Kier molecular flexibility index (Phi) is 7.03. The van der Waals surface area contributed by atoms with Crippen LogP contribution in [0.4, 0.5) is 9.52 Å². The summed E-state index contributed by atoms with van der Waals surface area (Å²) in [5, 5.41) is 0.836. The Morgan fingerprint density at radius 2 is 2.06 bits per heavy atom. The summed E-state index contributed by atoms with van der Waals surface area (Å²) in [6, 6.07) is 13.3. The Labute approximate surface area is 198 Å². The molecule has 6 heteroatoms. The number of para-hydroxylation sites is 1. The standard InChI is InChI=1S/C26H26ClFN2OS/c1-4-13-30(23(14-19-10-11-19)20-12-9-17(2)22(28)15-20)26-29-25(18(3)32-26)21-7-5-6-8-24(21)31-16-27/h1,5-9,12,15,19,23H,10-11,13-14,16H2,2-3H3/t23-/m0/s1. The van der Waals surface area contributed by atoms with E-state index in [2.05, 4.69) is 10.8 Å². The molecule has 166 valence electrons. The maximum atomic E-state index is 14.5. The van der Waals surface area contributed by atoms with Crippen LogP contribution in [0.5, 0.6) is 5.75 Å². The molecule has 1 heterocycles. The van der Waals surface area contributed by atoms with E-state index in [1.807, 2.05) is 43.3 Å². The van der Waals surface area contributed by atoms with E-state index in [0.717, 1.165) is 33.3 Å². The van der Waals surface area contributed by atoms with Crippen LogP contribution in [0.2, 0.25) is 0 Å². The van der Waals surface area contributed by atoms with Gasteiger partial charge in [-0.25, -0.2) is 9.37 Å². The molecule has 1 aromatic heterocycles. The molecule has 2 aromatic carbocycles. The summed E-state index contributed by atoms with van der Waals surface area (Å²) < 4.78 is 20.1. The predicted octanol–water partition coefficient (Wildman–Crippen LogP) is 7.12. The Balaban J connectivity index is 1.75. The highest BCUT2D eigenvalue weighted by Gasteiger charge is 2.32. The van der Waals surface area contributed by atoms with Crippen molar-refractivity contribution in [2.24, 2.45) is 5.92 Å². The lowest BCUT2D eigenvalue weighted by molar-refractivity contribution is 0.389. The minimum absolute atomic E-state index is 0.0265. The van der Waals surface area contributed by atoms with E-state index >= 15 is 0 Å². The number of anilines is 1. The number of aryl methyl sites for hydroxylation is 2. The van der Waals surface area contributed by atoms with Gasteiger partial charge in [0.05, 0.1) is 18.3 Å². The summed E-state index contributed by atoms with van der Waals surface area (Å²) in [5.41, 5.74) is 3.34. The first-order chi connectivity index (χ1) is 15.5. The number of aromatic nitrogens is 1. The third kappa shape index (κ3) is 4.92. The third-order valence-corrected chi connectivity index (χ3v) is 6.97. The number of terminal acetylenes is 1. The van der Waals surface area contributed by atoms with E-state index < -0.39 is 0 Å². The first kappa shape index (κ1) is 22.6. The Morgan fingerprint density at radius 1 is 1.28 bits per heavy atom. The molecular formula is C26H26ClFN2OS. The van der Waals surface area contributed by atoms with Gasteiger partial charge >= 0.3 is 0 Å². The van der Waals surface area contributed by atoms with E-state index in [1.165, 1.54) is 12.8 Å². The quantitative estimate of drug-likeness (QED) is 0.247. The minimum atomic E-state index is -0.188. The monoisotopic (exact) mass is 468 g/mol. The zero-order valence-electron chi connectivity index (χ0n) is 18.3. The molecule has 0 bridgehead atoms. The number of hydrogen-bond acceptors (Lipinski definition) is 4. The van der Waals surface area contributed by atoms with Gasteiger partial charge in [0.25, 0.3) is 0 Å². The first-order valence-corrected chi connectivity index (χ1v) is 12.1. The molecule has 1 aliphatic rings. The highest BCUT2D eigenvalue weighted by Crippen LogP contribution is 2.44. The van der Waals surface area contributed by atoms with Crippen LogP contribution in [-0.4, -0.2) is 17.6 Å². The van der Waals surface area contributed by atoms with Gasteiger partial charge in [0.1, 0.15) is 11.6 Å². The van der Waals surface area contributed by atoms with Crippen molar-refractivity contribution in [3.05, 3.63) is 64.3 Å². The van der Waals surface area contributed by atoms with Gasteiger partial charge in [0.15, 0.2) is 11.2 Å². The Hall–Kier alpha value is -2.55. The van der Waals surface area contributed by atoms with Crippen molar-refractivity contribution in [1.29, 1.82) is 0 Å². The molecule has 0 N–H and O–H groups in total. The number of hydrogen-bond donors (Lipinski definition) is 0. The lowest BCUT2D eigenvalue weighted by Gasteiger charge is -2.31. The smallest absolute Gasteiger partial charge is 0.187 e. The van der Waals surface area contributed by atoms with Gasteiger partial charge in [-0.1, -0.05) is 54.6 Å². The fourth-order valence-electron chi connectivity index (χ4n) is 3.94. The number of nitrogens with zero attached hydrogens (tertiary/aromatic N) is 2. The second-order valence-corrected chi connectivity index (χ2v) is 9.59. The van der Waals surface area contributed by atoms with E-state index in [9.17, 15) is 4.39 Å². The molecule has 1 aliphatic carbocycles. The summed E-state index contributed by atoms with van der Waals surface area (Å²) in [6.45, 7) is 4.23. The summed E-state index contributed by atoms with van der Waals surface area (Å²) in [5.74, 6) is 3.94. The summed E-state index contributed by atoms with van der Waals surface area (Å²) >= 11 is 7.42. The molecule has 1 fully saturated rings. The second-order valence-electron chi connectivity index (χ2n) is 8.19. The second kappa shape index (κ2) is 9.94. The lowest BCUT2D eigenvalue weighted by Crippen LogP contribution is -2.29. The van der Waals surface area contributed by atoms with Crippen molar-refractivity contribution in [2.45, 2.75) is 39.2 Å². The van der Waals surface area contributed by atoms with E-state index in [1.54, 1.807) is 24.3 Å². The molecule has 0 unspecified atom stereocenters. The average molecular weight is 469 g/mol. The maximum Gasteiger partial charge on any atom is 0.187 e. The van der Waals surface area contributed by atoms with Crippen molar-refractivity contribution in [2.75, 3.05) is 17.5 Å². The van der Waals surface area contributed by atoms with Crippen molar-refractivity contribution in [3.8, 4) is 29.4 Å². The molecule has 3 aromatic rings. The number of benzene rings is 2. The normalized spacial score (nSPS) is 14.1. The van der Waals surface area contributed by atoms with Gasteiger partial charge in [0.2, 0.25) is 0 Å². The van der Waals surface area contributed by atoms with Crippen LogP contribution in [0.3, 0.4) is 0 Å². The number of halogens is 2. The number of rotatable bonds is 9. The van der Waals surface area contributed by atoms with Crippen LogP contribution in [0.1, 0.15) is 41.3 Å². The molecule has 1 atom stereocenters. The molecule has 0 amide bonds. The molecule has 4 rings (SSSR count). The highest BCUT2D eigenvalue weighted by atomic mass is 35.5. The summed E-state index contributed by atoms with van der Waals surface area (Å²) in [4.78, 5) is 8.20. The van der Waals surface area contributed by atoms with Gasteiger partial charge in [-0.05, 0) is 55.5 Å². The van der Waals surface area contributed by atoms with Gasteiger partial charge in [0, 0.05) is 10.4 Å². The van der Waals surface area contributed by atoms with Gasteiger partial charge in [-0.2, -0.15) is 0 Å². The van der Waals surface area contributed by atoms with Crippen LogP contribution in [0.25, 0.3) is 11.3 Å². The SMILES string of the molecule is C#CCN(c1nc(-c2ccccc2OCCl)c(C)s1)[C@@H](CC1CC1)c1ccc(C)c(F)c1. The largest absolute Gasteiger partial charge is 0.477 e. The fourth-order valence-corrected chi connectivity index (χ4v) is 5.03. The van der Waals surface area contributed by atoms with Crippen molar-refractivity contribution < 1.29 is 9.13 Å². The van der Waals surface area contributed by atoms with E-state index in [0.29, 0.717) is 23.8 Å². The molecule has 0 radical (unpaired) electrons. The third-order valence-electron chi connectivity index (χ3n) is 5.86. The lowest BCUT2D eigenvalue weighted by atomic mass is 9.98. The molecule has 1 saturated carbocycles. The Bertz CT molecular complexity index is 1140. The summed E-state index contributed by atoms with van der Waals surface area (Å²) in [6.07, 6.45) is 9.13. The minimum Gasteiger partial charge on any atom is -0.477 e. The van der Waals surface area contributed by atoms with Crippen LogP contribution >= 0.6 is 22.9 Å². The Morgan fingerprint density at radius 3 is 2.75 bits per heavy atom. The van der Waals surface area contributed by atoms with E-state index in [-0.39, 0.29) is 17.9 Å². The molecule has 0 spiro atoms. The zero-order valence-corrected chi connectivity index (χ0v) is 19.8. The number of ether oxygens (including phenoxy) is 1. The van der Waals surface area contributed by atoms with Gasteiger partial charge in [-0.15, -0.1) is 17.8 Å². The number of alkyl halides is 1. The first-order valence-electron chi connectivity index (χ1n) is 10.7. The highest BCUT2D eigenvalue weighted by molar-refractivity contribution is 7.16. The molecule has 3 nitrogen and oxygen atoms in total. The average Bonchev–Trinajstić information content (AvgIpc) is 3.53. The van der Waals surface area contributed by atoms with Gasteiger partial charge < -0.3 is 9.64 Å². The fraction of sp³-hybridized carbons (Fsp3) is 0.346. The van der Waals surface area contributed by atoms with Crippen molar-refractivity contribution in [3.63, 3.8) is 0 Å². The van der Waals surface area contributed by atoms with Crippen LogP contribution in [-0.2, 0) is 0 Å². The van der Waals surface area contributed by atoms with Crippen molar-refractivity contribution in [1.82, 2.24) is 4.98 Å². The molecule has 0 aliphatic heterocycles. The molecule has 0 saturated heterocycles. The zero-order chi connectivity index (χ0) is 22.7. The summed E-state index contributed by atoms with van der Waals surface area (Å²) in [7, 11) is 0. The van der Waals surface area contributed by atoms with Crippen LogP contribution in [0, 0.1) is 37.9 Å². The topological polar surface area (TPSA) is 25.4 Å². The predicted molar refractivity (Wildman–Crippen MR) is 131 cm³/mol. The van der Waals surface area contributed by atoms with E-state index in [4.69, 9.17) is 27.7 Å².